The molecule has 3 rings (SSSR count). The molecule has 0 aromatic heterocycles. The van der Waals surface area contributed by atoms with Crippen molar-refractivity contribution in [1.29, 1.82) is 0 Å². The number of carbonyl (C=O) groups is 2. The Bertz CT molecular complexity index is 726. The largest absolute Gasteiger partial charge is 0.455 e. The Morgan fingerprint density at radius 2 is 1.70 bits per heavy atom. The summed E-state index contributed by atoms with van der Waals surface area (Å²) < 4.78 is 6.01. The highest BCUT2D eigenvalue weighted by Gasteiger charge is 2.52. The van der Waals surface area contributed by atoms with Gasteiger partial charge in [0, 0.05) is 4.47 Å². The van der Waals surface area contributed by atoms with E-state index in [0.29, 0.717) is 5.69 Å². The molecule has 0 aliphatic heterocycles. The van der Waals surface area contributed by atoms with Crippen LogP contribution in [0.1, 0.15) is 18.4 Å². The van der Waals surface area contributed by atoms with Gasteiger partial charge in [0.15, 0.2) is 6.61 Å². The second-order valence-electron chi connectivity index (χ2n) is 5.55. The van der Waals surface area contributed by atoms with Gasteiger partial charge in [0.25, 0.3) is 5.91 Å². The van der Waals surface area contributed by atoms with Crippen molar-refractivity contribution in [3.05, 3.63) is 64.6 Å². The zero-order chi connectivity index (χ0) is 16.3. The lowest BCUT2D eigenvalue weighted by Crippen LogP contribution is -2.28. The van der Waals surface area contributed by atoms with Crippen LogP contribution in [-0.4, -0.2) is 18.5 Å². The minimum Gasteiger partial charge on any atom is -0.455 e. The van der Waals surface area contributed by atoms with E-state index in [0.717, 1.165) is 22.9 Å². The van der Waals surface area contributed by atoms with Crippen LogP contribution in [0.4, 0.5) is 5.69 Å². The normalized spacial score (nSPS) is 14.8. The molecular weight excluding hydrogens is 358 g/mol. The summed E-state index contributed by atoms with van der Waals surface area (Å²) in [4.78, 5) is 24.3. The van der Waals surface area contributed by atoms with E-state index < -0.39 is 5.41 Å². The van der Waals surface area contributed by atoms with E-state index in [-0.39, 0.29) is 18.5 Å². The van der Waals surface area contributed by atoms with Crippen molar-refractivity contribution in [2.45, 2.75) is 18.3 Å². The second kappa shape index (κ2) is 6.54. The molecule has 1 amide bonds. The van der Waals surface area contributed by atoms with Crippen LogP contribution in [0.15, 0.2) is 59.1 Å². The third-order valence-electron chi connectivity index (χ3n) is 3.95. The van der Waals surface area contributed by atoms with Gasteiger partial charge in [-0.15, -0.1) is 0 Å². The Morgan fingerprint density at radius 1 is 1.04 bits per heavy atom. The first-order chi connectivity index (χ1) is 11.1. The molecular formula is C18H16BrNO3. The lowest BCUT2D eigenvalue weighted by Gasteiger charge is -2.15. The van der Waals surface area contributed by atoms with Crippen LogP contribution in [0.3, 0.4) is 0 Å². The van der Waals surface area contributed by atoms with Crippen molar-refractivity contribution in [3.8, 4) is 0 Å². The fourth-order valence-electron chi connectivity index (χ4n) is 2.51. The molecule has 0 unspecified atom stereocenters. The highest BCUT2D eigenvalue weighted by Crippen LogP contribution is 2.49. The molecule has 1 saturated carbocycles. The Hall–Kier alpha value is -2.14. The number of halogens is 1. The van der Waals surface area contributed by atoms with Gasteiger partial charge < -0.3 is 10.1 Å². The quantitative estimate of drug-likeness (QED) is 0.813. The second-order valence-corrected chi connectivity index (χ2v) is 6.41. The number of para-hydroxylation sites is 1. The topological polar surface area (TPSA) is 55.4 Å². The van der Waals surface area contributed by atoms with Crippen molar-refractivity contribution in [1.82, 2.24) is 0 Å². The molecule has 1 aliphatic rings. The predicted octanol–water partition coefficient (Wildman–Crippen LogP) is 3.66. The Morgan fingerprint density at radius 3 is 2.35 bits per heavy atom. The summed E-state index contributed by atoms with van der Waals surface area (Å²) in [5, 5.41) is 2.71. The smallest absolute Gasteiger partial charge is 0.317 e. The maximum absolute atomic E-state index is 12.3. The number of amides is 1. The van der Waals surface area contributed by atoms with E-state index in [1.54, 1.807) is 6.07 Å². The maximum Gasteiger partial charge on any atom is 0.317 e. The molecule has 118 valence electrons. The molecule has 1 N–H and O–H groups in total. The van der Waals surface area contributed by atoms with Crippen LogP contribution in [0, 0.1) is 0 Å². The van der Waals surface area contributed by atoms with Crippen LogP contribution in [0.5, 0.6) is 0 Å². The van der Waals surface area contributed by atoms with E-state index in [1.807, 2.05) is 48.5 Å². The molecule has 4 nitrogen and oxygen atoms in total. The van der Waals surface area contributed by atoms with Gasteiger partial charge in [0.05, 0.1) is 11.1 Å². The fraction of sp³-hybridized carbons (Fsp3) is 0.222. The molecule has 0 atom stereocenters. The molecule has 1 fully saturated rings. The maximum atomic E-state index is 12.3. The number of anilines is 1. The van der Waals surface area contributed by atoms with Crippen molar-refractivity contribution in [3.63, 3.8) is 0 Å². The first-order valence-corrected chi connectivity index (χ1v) is 8.18. The summed E-state index contributed by atoms with van der Waals surface area (Å²) >= 11 is 3.35. The van der Waals surface area contributed by atoms with E-state index in [2.05, 4.69) is 21.2 Å². The highest BCUT2D eigenvalue weighted by atomic mass is 79.9. The number of ether oxygens (including phenoxy) is 1. The van der Waals surface area contributed by atoms with Crippen LogP contribution in [0.2, 0.25) is 0 Å². The van der Waals surface area contributed by atoms with Gasteiger partial charge >= 0.3 is 5.97 Å². The molecule has 0 bridgehead atoms. The third-order valence-corrected chi connectivity index (χ3v) is 4.64. The molecule has 0 heterocycles. The Labute approximate surface area is 143 Å². The fourth-order valence-corrected chi connectivity index (χ4v) is 2.89. The highest BCUT2D eigenvalue weighted by molar-refractivity contribution is 9.10. The minimum absolute atomic E-state index is 0.283. The first-order valence-electron chi connectivity index (χ1n) is 7.39. The average molecular weight is 374 g/mol. The van der Waals surface area contributed by atoms with Crippen molar-refractivity contribution in [2.24, 2.45) is 0 Å². The minimum atomic E-state index is -0.561. The van der Waals surface area contributed by atoms with Crippen LogP contribution in [-0.2, 0) is 19.7 Å². The summed E-state index contributed by atoms with van der Waals surface area (Å²) in [6.07, 6.45) is 1.53. The molecule has 0 radical (unpaired) electrons. The zero-order valence-electron chi connectivity index (χ0n) is 12.4. The monoisotopic (exact) mass is 373 g/mol. The number of hydrogen-bond acceptors (Lipinski definition) is 3. The number of hydrogen-bond donors (Lipinski definition) is 1. The van der Waals surface area contributed by atoms with Gasteiger partial charge in [-0.3, -0.25) is 9.59 Å². The first kappa shape index (κ1) is 15.7. The Balaban J connectivity index is 1.57. The average Bonchev–Trinajstić information content (AvgIpc) is 3.37. The van der Waals surface area contributed by atoms with Gasteiger partial charge in [0.1, 0.15) is 0 Å². The van der Waals surface area contributed by atoms with Gasteiger partial charge in [0.2, 0.25) is 0 Å². The van der Waals surface area contributed by atoms with Gasteiger partial charge in [-0.25, -0.2) is 0 Å². The summed E-state index contributed by atoms with van der Waals surface area (Å²) in [7, 11) is 0. The van der Waals surface area contributed by atoms with Gasteiger partial charge in [-0.1, -0.05) is 42.5 Å². The number of esters is 1. The molecule has 23 heavy (non-hydrogen) atoms. The summed E-state index contributed by atoms with van der Waals surface area (Å²) in [6.45, 7) is -0.283. The van der Waals surface area contributed by atoms with Gasteiger partial charge in [-0.2, -0.15) is 0 Å². The van der Waals surface area contributed by atoms with Crippen LogP contribution >= 0.6 is 15.9 Å². The van der Waals surface area contributed by atoms with E-state index in [9.17, 15) is 9.59 Å². The van der Waals surface area contributed by atoms with Crippen LogP contribution < -0.4 is 5.32 Å². The summed E-state index contributed by atoms with van der Waals surface area (Å²) in [6, 6.07) is 16.9. The van der Waals surface area contributed by atoms with E-state index in [1.165, 1.54) is 0 Å². The molecule has 0 spiro atoms. The Kier molecular flexibility index (Phi) is 4.48. The lowest BCUT2D eigenvalue weighted by atomic mass is 9.96. The number of rotatable bonds is 5. The van der Waals surface area contributed by atoms with Crippen LogP contribution in [0.25, 0.3) is 0 Å². The SMILES string of the molecule is O=C(COC(=O)C1(c2ccccc2)CC1)Nc1ccccc1Br. The zero-order valence-corrected chi connectivity index (χ0v) is 14.0. The van der Waals surface area contributed by atoms with Gasteiger partial charge in [-0.05, 0) is 46.5 Å². The lowest BCUT2D eigenvalue weighted by molar-refractivity contribution is -0.150. The predicted molar refractivity (Wildman–Crippen MR) is 91.1 cm³/mol. The van der Waals surface area contributed by atoms with Crippen molar-refractivity contribution < 1.29 is 14.3 Å². The molecule has 2 aromatic rings. The summed E-state index contributed by atoms with van der Waals surface area (Å²) in [5.41, 5.74) is 1.04. The van der Waals surface area contributed by atoms with E-state index >= 15 is 0 Å². The molecule has 0 saturated heterocycles. The van der Waals surface area contributed by atoms with Crippen molar-refractivity contribution >= 4 is 33.5 Å². The number of benzene rings is 2. The van der Waals surface area contributed by atoms with Crippen molar-refractivity contribution in [2.75, 3.05) is 11.9 Å². The van der Waals surface area contributed by atoms with E-state index in [4.69, 9.17) is 4.74 Å². The molecule has 1 aliphatic carbocycles. The summed E-state index contributed by atoms with van der Waals surface area (Å²) in [5.74, 6) is -0.680. The third kappa shape index (κ3) is 3.45. The number of nitrogens with one attached hydrogen (secondary N) is 1. The number of carbonyl (C=O) groups excluding carboxylic acids is 2. The standard InChI is InChI=1S/C18H16BrNO3/c19-14-8-4-5-9-15(14)20-16(21)12-23-17(22)18(10-11-18)13-6-2-1-3-7-13/h1-9H,10-12H2,(H,20,21). The molecule has 2 aromatic carbocycles. The molecule has 5 heteroatoms.